The van der Waals surface area contributed by atoms with Crippen molar-refractivity contribution in [3.8, 4) is 10.4 Å². The topological polar surface area (TPSA) is 107 Å². The molecule has 1 aromatic carbocycles. The number of carbonyl (C=O) groups excluding carboxylic acids is 2. The molecule has 3 aromatic rings. The highest BCUT2D eigenvalue weighted by molar-refractivity contribution is 7.13. The molecule has 2 aromatic heterocycles. The summed E-state index contributed by atoms with van der Waals surface area (Å²) in [5, 5.41) is 10.6. The largest absolute Gasteiger partial charge is 0.359 e. The number of halogens is 1. The molecule has 3 fully saturated rings. The van der Waals surface area contributed by atoms with Crippen molar-refractivity contribution < 1.29 is 18.5 Å². The Bertz CT molecular complexity index is 1470. The number of likely N-dealkylation sites (tertiary alicyclic amines) is 1. The monoisotopic (exact) mass is 637 g/mol. The highest BCUT2D eigenvalue weighted by atomic mass is 32.1. The SMILES string of the molecule is Cc1ncsc1-c1ccc(C(C)NC(=O)C2CCCN2C(=O)Cc2cc(N3CCN(CC4(F)CCNCC4)C(C)C3)no2)cc1. The molecule has 0 radical (unpaired) electrons. The van der Waals surface area contributed by atoms with Gasteiger partial charge in [0.2, 0.25) is 11.8 Å². The van der Waals surface area contributed by atoms with E-state index in [1.54, 1.807) is 16.2 Å². The van der Waals surface area contributed by atoms with Crippen LogP contribution in [-0.2, 0) is 16.0 Å². The maximum atomic E-state index is 15.3. The fourth-order valence-electron chi connectivity index (χ4n) is 6.85. The minimum Gasteiger partial charge on any atom is -0.359 e. The van der Waals surface area contributed by atoms with Crippen molar-refractivity contribution in [2.45, 2.75) is 76.7 Å². The number of carbonyl (C=O) groups is 2. The van der Waals surface area contributed by atoms with Crippen molar-refractivity contribution in [1.29, 1.82) is 0 Å². The Balaban J connectivity index is 1.00. The number of rotatable bonds is 9. The third-order valence-electron chi connectivity index (χ3n) is 9.60. The molecule has 3 unspecified atom stereocenters. The maximum absolute atomic E-state index is 15.3. The van der Waals surface area contributed by atoms with E-state index < -0.39 is 11.7 Å². The van der Waals surface area contributed by atoms with Gasteiger partial charge >= 0.3 is 0 Å². The Labute approximate surface area is 268 Å². The highest BCUT2D eigenvalue weighted by Gasteiger charge is 2.38. The van der Waals surface area contributed by atoms with Gasteiger partial charge in [-0.3, -0.25) is 14.5 Å². The summed E-state index contributed by atoms with van der Waals surface area (Å²) in [4.78, 5) is 38.2. The summed E-state index contributed by atoms with van der Waals surface area (Å²) in [5.41, 5.74) is 3.85. The van der Waals surface area contributed by atoms with Gasteiger partial charge in [0, 0.05) is 44.8 Å². The van der Waals surface area contributed by atoms with Crippen LogP contribution >= 0.6 is 11.3 Å². The van der Waals surface area contributed by atoms with Gasteiger partial charge in [-0.1, -0.05) is 29.4 Å². The Morgan fingerprint density at radius 2 is 1.98 bits per heavy atom. The van der Waals surface area contributed by atoms with Gasteiger partial charge in [-0.25, -0.2) is 9.37 Å². The Kier molecular flexibility index (Phi) is 9.53. The molecule has 3 saturated heterocycles. The summed E-state index contributed by atoms with van der Waals surface area (Å²) in [6.45, 7) is 10.7. The van der Waals surface area contributed by atoms with Crippen molar-refractivity contribution in [2.75, 3.05) is 50.7 Å². The molecule has 5 heterocycles. The lowest BCUT2D eigenvalue weighted by atomic mass is 9.93. The predicted octanol–water partition coefficient (Wildman–Crippen LogP) is 4.12. The first kappa shape index (κ1) is 31.6. The summed E-state index contributed by atoms with van der Waals surface area (Å²) in [6, 6.07) is 9.49. The van der Waals surface area contributed by atoms with E-state index in [-0.39, 0.29) is 30.3 Å². The van der Waals surface area contributed by atoms with E-state index in [1.807, 2.05) is 37.6 Å². The van der Waals surface area contributed by atoms with Crippen molar-refractivity contribution in [3.63, 3.8) is 0 Å². The van der Waals surface area contributed by atoms with Crippen molar-refractivity contribution in [3.05, 3.63) is 52.9 Å². The van der Waals surface area contributed by atoms with Gasteiger partial charge in [0.15, 0.2) is 5.82 Å². The summed E-state index contributed by atoms with van der Waals surface area (Å²) in [6.07, 6.45) is 2.58. The van der Waals surface area contributed by atoms with Crippen LogP contribution in [0.25, 0.3) is 10.4 Å². The van der Waals surface area contributed by atoms with Crippen LogP contribution in [0.3, 0.4) is 0 Å². The second-order valence-electron chi connectivity index (χ2n) is 12.9. The van der Waals surface area contributed by atoms with Gasteiger partial charge in [0.25, 0.3) is 0 Å². The number of nitrogens with one attached hydrogen (secondary N) is 2. The van der Waals surface area contributed by atoms with Crippen LogP contribution in [0.15, 0.2) is 40.4 Å². The molecule has 10 nitrogen and oxygen atoms in total. The molecule has 2 amide bonds. The summed E-state index contributed by atoms with van der Waals surface area (Å²) < 4.78 is 20.9. The molecule has 45 heavy (non-hydrogen) atoms. The number of thiazole rings is 1. The molecule has 3 aliphatic rings. The third kappa shape index (κ3) is 7.23. The quantitative estimate of drug-likeness (QED) is 0.361. The van der Waals surface area contributed by atoms with Crippen molar-refractivity contribution in [1.82, 2.24) is 30.6 Å². The first-order valence-electron chi connectivity index (χ1n) is 16.1. The number of piperidine rings is 1. The number of nitrogens with zero attached hydrogens (tertiary/aromatic N) is 5. The van der Waals surface area contributed by atoms with Crippen LogP contribution in [0, 0.1) is 6.92 Å². The molecule has 0 saturated carbocycles. The molecule has 0 spiro atoms. The van der Waals surface area contributed by atoms with Crippen LogP contribution in [0.5, 0.6) is 0 Å². The molecule has 0 aliphatic carbocycles. The van der Waals surface area contributed by atoms with Crippen LogP contribution in [-0.4, -0.2) is 95.3 Å². The number of anilines is 1. The van der Waals surface area contributed by atoms with Crippen LogP contribution < -0.4 is 15.5 Å². The van der Waals surface area contributed by atoms with Gasteiger partial charge in [-0.15, -0.1) is 11.3 Å². The number of hydrogen-bond acceptors (Lipinski definition) is 9. The zero-order chi connectivity index (χ0) is 31.6. The number of piperazine rings is 1. The van der Waals surface area contributed by atoms with Crippen LogP contribution in [0.1, 0.15) is 62.6 Å². The normalized spacial score (nSPS) is 22.8. The number of aromatic nitrogens is 2. The smallest absolute Gasteiger partial charge is 0.243 e. The average molecular weight is 638 g/mol. The minimum absolute atomic E-state index is 0.0543. The van der Waals surface area contributed by atoms with E-state index in [9.17, 15) is 9.59 Å². The Morgan fingerprint density at radius 1 is 1.20 bits per heavy atom. The Hall–Kier alpha value is -3.35. The van der Waals surface area contributed by atoms with Gasteiger partial charge < -0.3 is 25.0 Å². The lowest BCUT2D eigenvalue weighted by Crippen LogP contribution is -2.57. The van der Waals surface area contributed by atoms with Gasteiger partial charge in [-0.05, 0) is 70.7 Å². The molecule has 242 valence electrons. The number of aryl methyl sites for hydroxylation is 1. The van der Waals surface area contributed by atoms with E-state index in [0.717, 1.165) is 54.3 Å². The van der Waals surface area contributed by atoms with Gasteiger partial charge in [0.1, 0.15) is 17.5 Å². The van der Waals surface area contributed by atoms with E-state index in [2.05, 4.69) is 49.6 Å². The number of alkyl halides is 1. The van der Waals surface area contributed by atoms with E-state index >= 15 is 4.39 Å². The number of benzene rings is 1. The summed E-state index contributed by atoms with van der Waals surface area (Å²) >= 11 is 1.62. The van der Waals surface area contributed by atoms with E-state index in [1.165, 1.54) is 0 Å². The van der Waals surface area contributed by atoms with Crippen molar-refractivity contribution in [2.24, 2.45) is 0 Å². The standard InChI is InChI=1S/C33H44FN7O3S/c1-22-19-39(15-16-40(22)20-33(34)10-12-35-13-11-33)29-17-27(44-38-29)18-30(42)41-14-4-5-28(41)32(43)37-23(2)25-6-8-26(9-7-25)31-24(3)36-21-45-31/h6-9,17,21-23,28,35H,4-5,10-16,18-20H2,1-3H3,(H,37,43). The van der Waals surface area contributed by atoms with E-state index in [4.69, 9.17) is 4.52 Å². The second kappa shape index (κ2) is 13.6. The van der Waals surface area contributed by atoms with Gasteiger partial charge in [0.05, 0.1) is 28.5 Å². The lowest BCUT2D eigenvalue weighted by molar-refractivity contribution is -0.138. The fraction of sp³-hybridized carbons (Fsp3) is 0.576. The summed E-state index contributed by atoms with van der Waals surface area (Å²) in [7, 11) is 0. The lowest BCUT2D eigenvalue weighted by Gasteiger charge is -2.43. The van der Waals surface area contributed by atoms with Crippen LogP contribution in [0.2, 0.25) is 0 Å². The number of amides is 2. The zero-order valence-electron chi connectivity index (χ0n) is 26.4. The third-order valence-corrected chi connectivity index (χ3v) is 10.6. The maximum Gasteiger partial charge on any atom is 0.243 e. The van der Waals surface area contributed by atoms with Crippen LogP contribution in [0.4, 0.5) is 10.2 Å². The molecule has 3 aliphatic heterocycles. The molecule has 2 N–H and O–H groups in total. The highest BCUT2D eigenvalue weighted by Crippen LogP contribution is 2.30. The molecule has 6 rings (SSSR count). The molecule has 12 heteroatoms. The van der Waals surface area contributed by atoms with Gasteiger partial charge in [-0.2, -0.15) is 0 Å². The fourth-order valence-corrected chi connectivity index (χ4v) is 7.66. The minimum atomic E-state index is -1.13. The Morgan fingerprint density at radius 3 is 2.69 bits per heavy atom. The second-order valence-corrected chi connectivity index (χ2v) is 13.7. The average Bonchev–Trinajstić information content (AvgIpc) is 3.80. The van der Waals surface area contributed by atoms with Crippen molar-refractivity contribution >= 4 is 29.0 Å². The molecule has 3 atom stereocenters. The first-order valence-corrected chi connectivity index (χ1v) is 17.0. The zero-order valence-corrected chi connectivity index (χ0v) is 27.2. The molecular weight excluding hydrogens is 593 g/mol. The predicted molar refractivity (Wildman–Crippen MR) is 173 cm³/mol. The molecule has 0 bridgehead atoms. The summed E-state index contributed by atoms with van der Waals surface area (Å²) in [5.74, 6) is 0.904. The molecular formula is C33H44FN7O3S. The first-order chi connectivity index (χ1) is 21.7. The number of hydrogen-bond donors (Lipinski definition) is 2. The van der Waals surface area contributed by atoms with E-state index in [0.29, 0.717) is 50.5 Å².